The predicted molar refractivity (Wildman–Crippen MR) is 84.7 cm³/mol. The number of carbonyl (C=O) groups excluding carboxylic acids is 1. The number of rotatable bonds is 3. The van der Waals surface area contributed by atoms with E-state index in [0.717, 1.165) is 18.4 Å². The highest BCUT2D eigenvalue weighted by atomic mass is 32.2. The molecule has 0 aromatic heterocycles. The second-order valence-corrected chi connectivity index (χ2v) is 9.20. The molecule has 1 aromatic carbocycles. The summed E-state index contributed by atoms with van der Waals surface area (Å²) in [4.78, 5) is 12.7. The lowest BCUT2D eigenvalue weighted by Gasteiger charge is -2.46. The fourth-order valence-electron chi connectivity index (χ4n) is 5.43. The van der Waals surface area contributed by atoms with Crippen LogP contribution in [-0.4, -0.2) is 32.5 Å². The third kappa shape index (κ3) is 1.93. The van der Waals surface area contributed by atoms with E-state index >= 15 is 0 Å². The molecule has 0 amide bonds. The van der Waals surface area contributed by atoms with Crippen molar-refractivity contribution in [3.8, 4) is 0 Å². The van der Waals surface area contributed by atoms with Gasteiger partial charge in [-0.2, -0.15) is 8.42 Å². The van der Waals surface area contributed by atoms with Crippen molar-refractivity contribution in [3.05, 3.63) is 29.8 Å². The van der Waals surface area contributed by atoms with Crippen molar-refractivity contribution in [3.63, 3.8) is 0 Å². The molecule has 5 fully saturated rings. The molecule has 6 bridgehead atoms. The summed E-state index contributed by atoms with van der Waals surface area (Å²) in [5.74, 6) is 0.434. The van der Waals surface area contributed by atoms with Gasteiger partial charge in [0.2, 0.25) is 0 Å². The van der Waals surface area contributed by atoms with Gasteiger partial charge in [-0.25, -0.2) is 0 Å². The van der Waals surface area contributed by atoms with Gasteiger partial charge in [0.1, 0.15) is 5.78 Å². The minimum Gasteiger partial charge on any atom is -0.373 e. The Hall–Kier alpha value is -1.24. The van der Waals surface area contributed by atoms with Crippen molar-refractivity contribution < 1.29 is 22.1 Å². The number of ether oxygens (including phenoxy) is 1. The van der Waals surface area contributed by atoms with Crippen LogP contribution in [0.5, 0.6) is 0 Å². The van der Waals surface area contributed by atoms with Crippen LogP contribution in [0.4, 0.5) is 0 Å². The van der Waals surface area contributed by atoms with Crippen LogP contribution in [0.15, 0.2) is 29.2 Å². The van der Waals surface area contributed by atoms with E-state index in [1.807, 2.05) is 6.92 Å². The highest BCUT2D eigenvalue weighted by Gasteiger charge is 2.67. The molecule has 128 valence electrons. The van der Waals surface area contributed by atoms with Crippen LogP contribution in [0.2, 0.25) is 0 Å². The van der Waals surface area contributed by atoms with Crippen LogP contribution in [0.1, 0.15) is 24.8 Å². The van der Waals surface area contributed by atoms with Gasteiger partial charge in [-0.3, -0.25) is 8.98 Å². The maximum absolute atomic E-state index is 12.6. The molecule has 5 nitrogen and oxygen atoms in total. The Morgan fingerprint density at radius 1 is 1.17 bits per heavy atom. The van der Waals surface area contributed by atoms with Crippen molar-refractivity contribution in [1.29, 1.82) is 0 Å². The van der Waals surface area contributed by atoms with Gasteiger partial charge in [-0.15, -0.1) is 0 Å². The lowest BCUT2D eigenvalue weighted by Crippen LogP contribution is -2.53. The Morgan fingerprint density at radius 3 is 2.67 bits per heavy atom. The fourth-order valence-corrected chi connectivity index (χ4v) is 6.56. The summed E-state index contributed by atoms with van der Waals surface area (Å²) >= 11 is 0. The van der Waals surface area contributed by atoms with E-state index in [4.69, 9.17) is 8.92 Å². The van der Waals surface area contributed by atoms with Crippen molar-refractivity contribution in [2.75, 3.05) is 0 Å². The molecule has 2 aliphatic heterocycles. The molecule has 0 N–H and O–H groups in total. The van der Waals surface area contributed by atoms with Gasteiger partial charge in [0.25, 0.3) is 10.1 Å². The smallest absolute Gasteiger partial charge is 0.297 e. The van der Waals surface area contributed by atoms with Crippen molar-refractivity contribution in [2.45, 2.75) is 49.4 Å². The van der Waals surface area contributed by atoms with Crippen LogP contribution >= 0.6 is 0 Å². The lowest BCUT2D eigenvalue weighted by atomic mass is 9.63. The average Bonchev–Trinajstić information content (AvgIpc) is 2.99. The van der Waals surface area contributed by atoms with E-state index < -0.39 is 16.2 Å². The highest BCUT2D eigenvalue weighted by molar-refractivity contribution is 7.86. The molecule has 7 atom stereocenters. The molecule has 2 saturated heterocycles. The SMILES string of the molecule is Cc1ccc(S(=O)(=O)OC2CCC3C4OC5CC(C(=O)C53)C24)cc1. The summed E-state index contributed by atoms with van der Waals surface area (Å²) in [7, 11) is -3.82. The van der Waals surface area contributed by atoms with Crippen LogP contribution in [0, 0.1) is 30.6 Å². The van der Waals surface area contributed by atoms with Crippen LogP contribution < -0.4 is 0 Å². The third-order valence-corrected chi connectivity index (χ3v) is 7.76. The zero-order chi connectivity index (χ0) is 16.6. The van der Waals surface area contributed by atoms with Gasteiger partial charge in [0, 0.05) is 17.8 Å². The Bertz CT molecular complexity index is 799. The van der Waals surface area contributed by atoms with Crippen molar-refractivity contribution in [1.82, 2.24) is 0 Å². The molecule has 6 heteroatoms. The van der Waals surface area contributed by atoms with Crippen LogP contribution in [-0.2, 0) is 23.8 Å². The molecule has 6 rings (SSSR count). The number of hydrogen-bond donors (Lipinski definition) is 0. The molecule has 3 aliphatic carbocycles. The lowest BCUT2D eigenvalue weighted by molar-refractivity contribution is -0.147. The largest absolute Gasteiger partial charge is 0.373 e. The Kier molecular flexibility index (Phi) is 3.07. The number of hydrogen-bond acceptors (Lipinski definition) is 5. The first kappa shape index (κ1) is 15.0. The molecule has 24 heavy (non-hydrogen) atoms. The summed E-state index contributed by atoms with van der Waals surface area (Å²) in [6.45, 7) is 1.91. The van der Waals surface area contributed by atoms with Gasteiger partial charge < -0.3 is 4.74 Å². The number of aryl methyl sites for hydroxylation is 1. The second-order valence-electron chi connectivity index (χ2n) is 7.63. The Labute approximate surface area is 141 Å². The number of ketones is 1. The molecule has 3 saturated carbocycles. The Morgan fingerprint density at radius 2 is 1.92 bits per heavy atom. The van der Waals surface area contributed by atoms with Crippen LogP contribution in [0.3, 0.4) is 0 Å². The zero-order valence-corrected chi connectivity index (χ0v) is 14.2. The molecular weight excluding hydrogens is 328 g/mol. The minimum atomic E-state index is -3.82. The summed E-state index contributed by atoms with van der Waals surface area (Å²) in [6.07, 6.45) is 1.87. The first-order valence-electron chi connectivity index (χ1n) is 8.65. The van der Waals surface area contributed by atoms with E-state index in [0.29, 0.717) is 6.42 Å². The monoisotopic (exact) mass is 348 g/mol. The van der Waals surface area contributed by atoms with Crippen LogP contribution in [0.25, 0.3) is 0 Å². The number of Topliss-reactive ketones (excluding diaryl/α,β-unsaturated/α-hetero) is 1. The summed E-state index contributed by atoms with van der Waals surface area (Å²) in [5.41, 5.74) is 0.998. The van der Waals surface area contributed by atoms with Gasteiger partial charge >= 0.3 is 0 Å². The second kappa shape index (κ2) is 4.90. The summed E-state index contributed by atoms with van der Waals surface area (Å²) in [5, 5.41) is 0. The maximum Gasteiger partial charge on any atom is 0.297 e. The topological polar surface area (TPSA) is 69.7 Å². The molecular formula is C18H20O5S. The highest BCUT2D eigenvalue weighted by Crippen LogP contribution is 2.60. The summed E-state index contributed by atoms with van der Waals surface area (Å²) in [6, 6.07) is 6.67. The number of carbonyl (C=O) groups is 1. The van der Waals surface area contributed by atoms with E-state index in [1.54, 1.807) is 24.3 Å². The molecule has 0 radical (unpaired) electrons. The first-order valence-corrected chi connectivity index (χ1v) is 10.1. The van der Waals surface area contributed by atoms with Crippen molar-refractivity contribution >= 4 is 15.9 Å². The van der Waals surface area contributed by atoms with Gasteiger partial charge in [-0.05, 0) is 44.2 Å². The first-order chi connectivity index (χ1) is 11.5. The zero-order valence-electron chi connectivity index (χ0n) is 13.4. The predicted octanol–water partition coefficient (Wildman–Crippen LogP) is 2.08. The molecule has 2 heterocycles. The molecule has 5 aliphatic rings. The standard InChI is InChI=1S/C18H20O5S/c1-9-2-4-10(5-3-9)24(20,21)23-13-7-6-11-15-14-8-12(17(15)19)16(13)18(11)22-14/h2-5,11-16,18H,6-8H2,1H3. The third-order valence-electron chi connectivity index (χ3n) is 6.41. The normalized spacial score (nSPS) is 42.7. The maximum atomic E-state index is 12.6. The average molecular weight is 348 g/mol. The minimum absolute atomic E-state index is 0.00316. The van der Waals surface area contributed by atoms with Gasteiger partial charge in [-0.1, -0.05) is 17.7 Å². The quantitative estimate of drug-likeness (QED) is 0.782. The van der Waals surface area contributed by atoms with E-state index in [1.165, 1.54) is 0 Å². The molecule has 1 aromatic rings. The molecule has 7 unspecified atom stereocenters. The van der Waals surface area contributed by atoms with E-state index in [-0.39, 0.29) is 46.6 Å². The summed E-state index contributed by atoms with van der Waals surface area (Å²) < 4.78 is 36.9. The fraction of sp³-hybridized carbons (Fsp3) is 0.611. The Balaban J connectivity index is 1.44. The van der Waals surface area contributed by atoms with Crippen molar-refractivity contribution in [2.24, 2.45) is 23.7 Å². The van der Waals surface area contributed by atoms with E-state index in [9.17, 15) is 13.2 Å². The van der Waals surface area contributed by atoms with Gasteiger partial charge in [0.05, 0.1) is 23.2 Å². The van der Waals surface area contributed by atoms with E-state index in [2.05, 4.69) is 0 Å². The number of benzene rings is 1. The molecule has 0 spiro atoms. The van der Waals surface area contributed by atoms with Gasteiger partial charge in [0.15, 0.2) is 0 Å².